The number of hydrogen-bond acceptors (Lipinski definition) is 7. The van der Waals surface area contributed by atoms with Crippen LogP contribution in [0.5, 0.6) is 11.5 Å². The summed E-state index contributed by atoms with van der Waals surface area (Å²) in [6.07, 6.45) is 4.97. The van der Waals surface area contributed by atoms with Gasteiger partial charge in [0.15, 0.2) is 11.5 Å². The number of rotatable bonds is 10. The average Bonchev–Trinajstić information content (AvgIpc) is 3.40. The summed E-state index contributed by atoms with van der Waals surface area (Å²) in [5.41, 5.74) is 4.57. The van der Waals surface area contributed by atoms with Gasteiger partial charge >= 0.3 is 0 Å². The average molecular weight is 512 g/mol. The van der Waals surface area contributed by atoms with Gasteiger partial charge in [-0.1, -0.05) is 6.07 Å². The van der Waals surface area contributed by atoms with Gasteiger partial charge in [-0.3, -0.25) is 14.3 Å². The lowest BCUT2D eigenvalue weighted by Crippen LogP contribution is -2.49. The summed E-state index contributed by atoms with van der Waals surface area (Å²) in [6.45, 7) is 5.38. The van der Waals surface area contributed by atoms with Crippen molar-refractivity contribution < 1.29 is 19.1 Å². The third kappa shape index (κ3) is 6.42. The lowest BCUT2D eigenvalue weighted by atomic mass is 10.1. The number of amides is 2. The van der Waals surface area contributed by atoms with E-state index in [1.54, 1.807) is 34.2 Å². The number of aryl methyl sites for hydroxylation is 2. The topological polar surface area (TPSA) is 98.6 Å². The summed E-state index contributed by atoms with van der Waals surface area (Å²) < 4.78 is 13.2. The Bertz CT molecular complexity index is 1190. The Hall–Kier alpha value is -3.40. The number of nitrogens with zero attached hydrogens (tertiary/aromatic N) is 4. The SMILES string of the molecule is COc1cc(CN(C(=O)Cn2ccc(C)n2)[C@H]2CCCCNC2=O)ccc1OCCc1scnc1C. The number of benzene rings is 1. The quantitative estimate of drug-likeness (QED) is 0.449. The van der Waals surface area contributed by atoms with E-state index in [-0.39, 0.29) is 24.9 Å². The Kier molecular flexibility index (Phi) is 8.58. The van der Waals surface area contributed by atoms with Crippen molar-refractivity contribution in [1.82, 2.24) is 25.0 Å². The smallest absolute Gasteiger partial charge is 0.245 e. The minimum absolute atomic E-state index is 0.0763. The van der Waals surface area contributed by atoms with Crippen LogP contribution in [-0.4, -0.2) is 57.8 Å². The van der Waals surface area contributed by atoms with Gasteiger partial charge in [-0.15, -0.1) is 11.3 Å². The Morgan fingerprint density at radius 3 is 2.83 bits per heavy atom. The van der Waals surface area contributed by atoms with Crippen LogP contribution in [0.2, 0.25) is 0 Å². The maximum atomic E-state index is 13.4. The van der Waals surface area contributed by atoms with Gasteiger partial charge < -0.3 is 19.7 Å². The van der Waals surface area contributed by atoms with Crippen LogP contribution in [-0.2, 0) is 29.1 Å². The third-order valence-electron chi connectivity index (χ3n) is 6.29. The van der Waals surface area contributed by atoms with Gasteiger partial charge in [0, 0.05) is 30.6 Å². The molecule has 1 N–H and O–H groups in total. The van der Waals surface area contributed by atoms with Crippen molar-refractivity contribution in [2.75, 3.05) is 20.3 Å². The second-order valence-corrected chi connectivity index (χ2v) is 9.86. The molecule has 2 amide bonds. The molecule has 0 aliphatic carbocycles. The fourth-order valence-corrected chi connectivity index (χ4v) is 5.08. The van der Waals surface area contributed by atoms with Crippen molar-refractivity contribution in [3.8, 4) is 11.5 Å². The molecule has 0 saturated carbocycles. The molecule has 1 aliphatic heterocycles. The molecule has 192 valence electrons. The van der Waals surface area contributed by atoms with Gasteiger partial charge in [0.05, 0.1) is 30.6 Å². The highest BCUT2D eigenvalue weighted by Gasteiger charge is 2.31. The summed E-state index contributed by atoms with van der Waals surface area (Å²) in [6, 6.07) is 6.99. The van der Waals surface area contributed by atoms with Crippen molar-refractivity contribution in [3.63, 3.8) is 0 Å². The van der Waals surface area contributed by atoms with E-state index in [9.17, 15) is 9.59 Å². The monoisotopic (exact) mass is 511 g/mol. The molecule has 1 atom stereocenters. The Morgan fingerprint density at radius 2 is 2.11 bits per heavy atom. The Morgan fingerprint density at radius 1 is 1.25 bits per heavy atom. The van der Waals surface area contributed by atoms with E-state index >= 15 is 0 Å². The van der Waals surface area contributed by atoms with E-state index in [2.05, 4.69) is 15.4 Å². The molecule has 0 unspecified atom stereocenters. The van der Waals surface area contributed by atoms with Gasteiger partial charge in [-0.2, -0.15) is 5.10 Å². The van der Waals surface area contributed by atoms with E-state index < -0.39 is 6.04 Å². The third-order valence-corrected chi connectivity index (χ3v) is 7.28. The number of nitrogens with one attached hydrogen (secondary N) is 1. The number of methoxy groups -OCH3 is 1. The van der Waals surface area contributed by atoms with Gasteiger partial charge in [0.1, 0.15) is 12.6 Å². The fraction of sp³-hybridized carbons (Fsp3) is 0.462. The van der Waals surface area contributed by atoms with Crippen LogP contribution >= 0.6 is 11.3 Å². The number of ether oxygens (including phenoxy) is 2. The normalized spacial score (nSPS) is 15.8. The highest BCUT2D eigenvalue weighted by Crippen LogP contribution is 2.30. The van der Waals surface area contributed by atoms with Gasteiger partial charge in [-0.25, -0.2) is 4.98 Å². The molecule has 0 bridgehead atoms. The lowest BCUT2D eigenvalue weighted by molar-refractivity contribution is -0.141. The molecule has 1 aromatic carbocycles. The number of thiazole rings is 1. The summed E-state index contributed by atoms with van der Waals surface area (Å²) in [5.74, 6) is 0.969. The molecule has 1 saturated heterocycles. The molecule has 0 spiro atoms. The first-order valence-electron chi connectivity index (χ1n) is 12.2. The van der Waals surface area contributed by atoms with E-state index in [0.717, 1.165) is 36.2 Å². The number of carbonyl (C=O) groups excluding carboxylic acids is 2. The molecule has 3 aromatic rings. The van der Waals surface area contributed by atoms with Crippen molar-refractivity contribution in [2.45, 2.75) is 58.7 Å². The summed E-state index contributed by atoms with van der Waals surface area (Å²) >= 11 is 1.62. The molecule has 2 aromatic heterocycles. The highest BCUT2D eigenvalue weighted by molar-refractivity contribution is 7.09. The van der Waals surface area contributed by atoms with Crippen molar-refractivity contribution in [3.05, 3.63) is 57.8 Å². The first-order chi connectivity index (χ1) is 17.4. The maximum Gasteiger partial charge on any atom is 0.245 e. The van der Waals surface area contributed by atoms with E-state index in [4.69, 9.17) is 9.47 Å². The van der Waals surface area contributed by atoms with Crippen molar-refractivity contribution >= 4 is 23.2 Å². The zero-order valence-corrected chi connectivity index (χ0v) is 21.8. The molecule has 36 heavy (non-hydrogen) atoms. The predicted octanol–water partition coefficient (Wildman–Crippen LogP) is 3.28. The highest BCUT2D eigenvalue weighted by atomic mass is 32.1. The second kappa shape index (κ2) is 12.0. The van der Waals surface area contributed by atoms with Crippen LogP contribution in [0.4, 0.5) is 0 Å². The molecular weight excluding hydrogens is 478 g/mol. The zero-order valence-electron chi connectivity index (χ0n) is 21.0. The molecular formula is C26H33N5O4S. The van der Waals surface area contributed by atoms with E-state index in [1.165, 1.54) is 4.88 Å². The number of aromatic nitrogens is 3. The summed E-state index contributed by atoms with van der Waals surface area (Å²) in [4.78, 5) is 33.4. The molecule has 9 nitrogen and oxygen atoms in total. The summed E-state index contributed by atoms with van der Waals surface area (Å²) in [5, 5.41) is 7.29. The van der Waals surface area contributed by atoms with Crippen LogP contribution in [0.25, 0.3) is 0 Å². The molecule has 4 rings (SSSR count). The molecule has 0 radical (unpaired) electrons. The largest absolute Gasteiger partial charge is 0.493 e. The maximum absolute atomic E-state index is 13.4. The lowest BCUT2D eigenvalue weighted by Gasteiger charge is -2.30. The van der Waals surface area contributed by atoms with Crippen LogP contribution in [0.3, 0.4) is 0 Å². The van der Waals surface area contributed by atoms with Crippen molar-refractivity contribution in [2.24, 2.45) is 0 Å². The van der Waals surface area contributed by atoms with Gasteiger partial charge in [0.25, 0.3) is 0 Å². The molecule has 3 heterocycles. The molecule has 1 aliphatic rings. The van der Waals surface area contributed by atoms with Gasteiger partial charge in [-0.05, 0) is 56.9 Å². The first kappa shape index (κ1) is 25.7. The zero-order chi connectivity index (χ0) is 25.5. The van der Waals surface area contributed by atoms with E-state index in [1.807, 2.05) is 43.6 Å². The van der Waals surface area contributed by atoms with E-state index in [0.29, 0.717) is 31.1 Å². The standard InChI is InChI=1S/C26H33N5O4S/c1-18-9-12-30(29-18)16-25(32)31(21-6-4-5-11-27-26(21)33)15-20-7-8-22(23(14-20)34-3)35-13-10-24-19(2)28-17-36-24/h7-9,12,14,17,21H,4-6,10-11,13,15-16H2,1-3H3,(H,27,33)/t21-/m0/s1. The number of hydrogen-bond donors (Lipinski definition) is 1. The van der Waals surface area contributed by atoms with Crippen molar-refractivity contribution in [1.29, 1.82) is 0 Å². The van der Waals surface area contributed by atoms with Crippen LogP contribution in [0.15, 0.2) is 36.0 Å². The van der Waals surface area contributed by atoms with Gasteiger partial charge in [0.2, 0.25) is 11.8 Å². The molecule has 10 heteroatoms. The Balaban J connectivity index is 1.50. The second-order valence-electron chi connectivity index (χ2n) is 8.92. The predicted molar refractivity (Wildman–Crippen MR) is 137 cm³/mol. The fourth-order valence-electron chi connectivity index (χ4n) is 4.32. The molecule has 1 fully saturated rings. The Labute approximate surface area is 215 Å². The minimum atomic E-state index is -0.527. The first-order valence-corrected chi connectivity index (χ1v) is 13.1. The number of carbonyl (C=O) groups is 2. The van der Waals surface area contributed by atoms with Crippen LogP contribution in [0, 0.1) is 13.8 Å². The van der Waals surface area contributed by atoms with Crippen LogP contribution in [0.1, 0.15) is 41.1 Å². The summed E-state index contributed by atoms with van der Waals surface area (Å²) in [7, 11) is 1.60. The van der Waals surface area contributed by atoms with Crippen LogP contribution < -0.4 is 14.8 Å². The minimum Gasteiger partial charge on any atom is -0.493 e.